The van der Waals surface area contributed by atoms with Crippen molar-refractivity contribution < 1.29 is 29.3 Å². The zero-order valence-electron chi connectivity index (χ0n) is 14.0. The standard InChI is InChI=1S/C15H22N2O2.C2H2O4/c18-13-16-7-4-10-19-15-6-3-5-14(11-15)12-17-8-1-2-9-17;3-1(4)2(5)6/h3,5-6,11,13H,1-2,4,7-10,12H2,(H,16,18);(H,3,4)(H,5,6). The van der Waals surface area contributed by atoms with Crippen LogP contribution in [0.25, 0.3) is 0 Å². The first-order valence-electron chi connectivity index (χ1n) is 8.10. The van der Waals surface area contributed by atoms with Crippen LogP contribution in [0.2, 0.25) is 0 Å². The number of carboxylic acid groups (broad SMARTS) is 2. The lowest BCUT2D eigenvalue weighted by Gasteiger charge is -2.15. The Labute approximate surface area is 146 Å². The lowest BCUT2D eigenvalue weighted by Crippen LogP contribution is -2.18. The summed E-state index contributed by atoms with van der Waals surface area (Å²) in [4.78, 5) is 30.8. The van der Waals surface area contributed by atoms with Gasteiger partial charge in [0, 0.05) is 13.1 Å². The van der Waals surface area contributed by atoms with Gasteiger partial charge in [0.15, 0.2) is 0 Å². The van der Waals surface area contributed by atoms with Crippen molar-refractivity contribution in [2.45, 2.75) is 25.8 Å². The predicted molar refractivity (Wildman–Crippen MR) is 90.4 cm³/mol. The van der Waals surface area contributed by atoms with Gasteiger partial charge >= 0.3 is 11.9 Å². The van der Waals surface area contributed by atoms with Crippen LogP contribution >= 0.6 is 0 Å². The van der Waals surface area contributed by atoms with Crippen LogP contribution in [0, 0.1) is 0 Å². The van der Waals surface area contributed by atoms with E-state index in [-0.39, 0.29) is 0 Å². The van der Waals surface area contributed by atoms with Crippen LogP contribution in [-0.2, 0) is 20.9 Å². The van der Waals surface area contributed by atoms with E-state index in [1.165, 1.54) is 31.5 Å². The summed E-state index contributed by atoms with van der Waals surface area (Å²) in [5.41, 5.74) is 1.31. The van der Waals surface area contributed by atoms with E-state index in [1.807, 2.05) is 12.1 Å². The molecule has 0 aliphatic carbocycles. The zero-order chi connectivity index (χ0) is 18.5. The number of carboxylic acids is 2. The van der Waals surface area contributed by atoms with Gasteiger partial charge in [0.25, 0.3) is 0 Å². The van der Waals surface area contributed by atoms with Crippen molar-refractivity contribution in [3.63, 3.8) is 0 Å². The summed E-state index contributed by atoms with van der Waals surface area (Å²) in [5.74, 6) is -2.73. The Morgan fingerprint density at radius 1 is 1.20 bits per heavy atom. The topological polar surface area (TPSA) is 116 Å². The van der Waals surface area contributed by atoms with Crippen molar-refractivity contribution in [1.82, 2.24) is 10.2 Å². The maximum atomic E-state index is 10.1. The second-order valence-corrected chi connectivity index (χ2v) is 5.51. The minimum Gasteiger partial charge on any atom is -0.494 e. The number of carbonyl (C=O) groups excluding carboxylic acids is 1. The molecule has 138 valence electrons. The highest BCUT2D eigenvalue weighted by atomic mass is 16.5. The van der Waals surface area contributed by atoms with Gasteiger partial charge in [-0.15, -0.1) is 0 Å². The van der Waals surface area contributed by atoms with E-state index >= 15 is 0 Å². The first kappa shape index (κ1) is 20.4. The Morgan fingerprint density at radius 2 is 1.88 bits per heavy atom. The van der Waals surface area contributed by atoms with E-state index in [2.05, 4.69) is 22.3 Å². The van der Waals surface area contributed by atoms with Crippen LogP contribution in [0.1, 0.15) is 24.8 Å². The Hall–Kier alpha value is -2.61. The number of benzene rings is 1. The highest BCUT2D eigenvalue weighted by Crippen LogP contribution is 2.17. The first-order chi connectivity index (χ1) is 12.0. The number of aliphatic carboxylic acids is 2. The Kier molecular flexibility index (Phi) is 9.69. The fraction of sp³-hybridized carbons (Fsp3) is 0.471. The SMILES string of the molecule is O=C(O)C(=O)O.O=CNCCCOc1cccc(CN2CCCC2)c1. The molecule has 1 aromatic rings. The monoisotopic (exact) mass is 352 g/mol. The van der Waals surface area contributed by atoms with E-state index in [9.17, 15) is 4.79 Å². The molecule has 1 heterocycles. The fourth-order valence-electron chi connectivity index (χ4n) is 2.36. The molecule has 3 N–H and O–H groups in total. The van der Waals surface area contributed by atoms with Crippen molar-refractivity contribution in [2.75, 3.05) is 26.2 Å². The number of carbonyl (C=O) groups is 3. The summed E-state index contributed by atoms with van der Waals surface area (Å²) in [6, 6.07) is 8.30. The number of ether oxygens (including phenoxy) is 1. The molecule has 1 aliphatic rings. The molecule has 2 rings (SSSR count). The van der Waals surface area contributed by atoms with Gasteiger partial charge in [-0.25, -0.2) is 9.59 Å². The van der Waals surface area contributed by atoms with E-state index in [0.717, 1.165) is 25.1 Å². The summed E-state index contributed by atoms with van der Waals surface area (Å²) in [6.45, 7) is 4.74. The lowest BCUT2D eigenvalue weighted by molar-refractivity contribution is -0.159. The van der Waals surface area contributed by atoms with Crippen LogP contribution in [0.4, 0.5) is 0 Å². The maximum absolute atomic E-state index is 10.1. The molecule has 1 saturated heterocycles. The summed E-state index contributed by atoms with van der Waals surface area (Å²) >= 11 is 0. The smallest absolute Gasteiger partial charge is 0.414 e. The highest BCUT2D eigenvalue weighted by Gasteiger charge is 2.11. The van der Waals surface area contributed by atoms with Gasteiger partial charge in [-0.2, -0.15) is 0 Å². The molecule has 0 saturated carbocycles. The largest absolute Gasteiger partial charge is 0.494 e. The van der Waals surface area contributed by atoms with Gasteiger partial charge in [0.05, 0.1) is 6.61 Å². The van der Waals surface area contributed by atoms with E-state index in [1.54, 1.807) is 0 Å². The molecular formula is C17H24N2O6. The predicted octanol–water partition coefficient (Wildman–Crippen LogP) is 0.953. The molecule has 1 fully saturated rings. The fourth-order valence-corrected chi connectivity index (χ4v) is 2.36. The number of nitrogens with one attached hydrogen (secondary N) is 1. The number of nitrogens with zero attached hydrogens (tertiary/aromatic N) is 1. The van der Waals surface area contributed by atoms with Crippen LogP contribution in [0.5, 0.6) is 5.75 Å². The number of hydrogen-bond acceptors (Lipinski definition) is 5. The summed E-state index contributed by atoms with van der Waals surface area (Å²) < 4.78 is 5.68. The van der Waals surface area contributed by atoms with Gasteiger partial charge in [-0.05, 0) is 50.0 Å². The summed E-state index contributed by atoms with van der Waals surface area (Å²) in [5, 5.41) is 17.4. The molecule has 0 bridgehead atoms. The van der Waals surface area contributed by atoms with Gasteiger partial charge in [-0.3, -0.25) is 9.69 Å². The average Bonchev–Trinajstić information content (AvgIpc) is 3.08. The minimum absolute atomic E-state index is 0.633. The van der Waals surface area contributed by atoms with Gasteiger partial charge < -0.3 is 20.3 Å². The molecule has 8 nitrogen and oxygen atoms in total. The molecule has 0 radical (unpaired) electrons. The zero-order valence-corrected chi connectivity index (χ0v) is 14.0. The molecule has 25 heavy (non-hydrogen) atoms. The minimum atomic E-state index is -1.82. The molecule has 1 aromatic carbocycles. The van der Waals surface area contributed by atoms with Crippen LogP contribution in [0.15, 0.2) is 24.3 Å². The Bertz CT molecular complexity index is 546. The second kappa shape index (κ2) is 11.9. The maximum Gasteiger partial charge on any atom is 0.414 e. The molecule has 1 aliphatic heterocycles. The molecule has 0 atom stereocenters. The van der Waals surface area contributed by atoms with Gasteiger partial charge in [0.2, 0.25) is 6.41 Å². The van der Waals surface area contributed by atoms with Crippen molar-refractivity contribution >= 4 is 18.3 Å². The third-order valence-corrected chi connectivity index (χ3v) is 3.50. The first-order valence-corrected chi connectivity index (χ1v) is 8.10. The molecule has 1 amide bonds. The summed E-state index contributed by atoms with van der Waals surface area (Å²) in [7, 11) is 0. The lowest BCUT2D eigenvalue weighted by atomic mass is 10.2. The number of hydrogen-bond donors (Lipinski definition) is 3. The third-order valence-electron chi connectivity index (χ3n) is 3.50. The second-order valence-electron chi connectivity index (χ2n) is 5.51. The van der Waals surface area contributed by atoms with E-state index < -0.39 is 11.9 Å². The van der Waals surface area contributed by atoms with Gasteiger partial charge in [-0.1, -0.05) is 12.1 Å². The van der Waals surface area contributed by atoms with Crippen molar-refractivity contribution in [2.24, 2.45) is 0 Å². The number of amides is 1. The van der Waals surface area contributed by atoms with E-state index in [0.29, 0.717) is 13.2 Å². The van der Waals surface area contributed by atoms with Crippen molar-refractivity contribution in [3.8, 4) is 5.75 Å². The van der Waals surface area contributed by atoms with Gasteiger partial charge in [0.1, 0.15) is 5.75 Å². The number of rotatable bonds is 8. The molecule has 0 spiro atoms. The summed E-state index contributed by atoms with van der Waals surface area (Å²) in [6.07, 6.45) is 4.19. The van der Waals surface area contributed by atoms with Crippen LogP contribution in [0.3, 0.4) is 0 Å². The van der Waals surface area contributed by atoms with Crippen LogP contribution < -0.4 is 10.1 Å². The normalized spacial score (nSPS) is 13.4. The highest BCUT2D eigenvalue weighted by molar-refractivity contribution is 6.27. The number of likely N-dealkylation sites (tertiary alicyclic amines) is 1. The Balaban J connectivity index is 0.000000450. The molecule has 0 aromatic heterocycles. The molecule has 8 heteroatoms. The van der Waals surface area contributed by atoms with E-state index in [4.69, 9.17) is 24.5 Å². The average molecular weight is 352 g/mol. The Morgan fingerprint density at radius 3 is 2.48 bits per heavy atom. The third kappa shape index (κ3) is 9.31. The quantitative estimate of drug-likeness (QED) is 0.362. The van der Waals surface area contributed by atoms with Crippen LogP contribution in [-0.4, -0.2) is 59.7 Å². The molecule has 0 unspecified atom stereocenters. The molecular weight excluding hydrogens is 328 g/mol. The van der Waals surface area contributed by atoms with Crippen molar-refractivity contribution in [3.05, 3.63) is 29.8 Å². The van der Waals surface area contributed by atoms with Crippen molar-refractivity contribution in [1.29, 1.82) is 0 Å².